The molecule has 0 fully saturated rings. The highest BCUT2D eigenvalue weighted by molar-refractivity contribution is 6.28. The van der Waals surface area contributed by atoms with Crippen LogP contribution in [-0.4, -0.2) is 30.4 Å². The Balaban J connectivity index is 4.24. The van der Waals surface area contributed by atoms with Crippen LogP contribution in [0, 0.1) is 5.92 Å². The van der Waals surface area contributed by atoms with Gasteiger partial charge in [0, 0.05) is 0 Å². The zero-order valence-electron chi connectivity index (χ0n) is 9.38. The lowest BCUT2D eigenvalue weighted by Crippen LogP contribution is -2.42. The number of hydrogen-bond donors (Lipinski definition) is 1. The van der Waals surface area contributed by atoms with Crippen LogP contribution >= 0.6 is 11.6 Å². The van der Waals surface area contributed by atoms with E-state index < -0.39 is 12.1 Å². The molecule has 0 heterocycles. The maximum absolute atomic E-state index is 11.4. The lowest BCUT2D eigenvalue weighted by atomic mass is 10.0. The summed E-state index contributed by atoms with van der Waals surface area (Å²) in [5, 5.41) is 2.50. The van der Waals surface area contributed by atoms with Crippen LogP contribution < -0.4 is 5.32 Å². The van der Waals surface area contributed by atoms with E-state index in [9.17, 15) is 9.59 Å². The van der Waals surface area contributed by atoms with Crippen LogP contribution in [0.4, 0.5) is 4.79 Å². The highest BCUT2D eigenvalue weighted by Gasteiger charge is 2.21. The average molecular weight is 236 g/mol. The van der Waals surface area contributed by atoms with Gasteiger partial charge in [-0.05, 0) is 19.3 Å². The van der Waals surface area contributed by atoms with Gasteiger partial charge in [0.25, 0.3) is 0 Å². The van der Waals surface area contributed by atoms with Crippen molar-refractivity contribution in [1.82, 2.24) is 5.32 Å². The number of nitrogens with one attached hydrogen (secondary N) is 1. The number of ether oxygens (including phenoxy) is 1. The number of alkyl halides is 1. The largest absolute Gasteiger partial charge is 0.450 e. The molecule has 1 amide bonds. The number of ketones is 1. The maximum atomic E-state index is 11.4. The molecule has 0 rings (SSSR count). The van der Waals surface area contributed by atoms with Crippen molar-refractivity contribution in [3.8, 4) is 0 Å². The zero-order chi connectivity index (χ0) is 11.8. The fourth-order valence-corrected chi connectivity index (χ4v) is 1.34. The first kappa shape index (κ1) is 14.2. The molecule has 0 bridgehead atoms. The topological polar surface area (TPSA) is 55.4 Å². The van der Waals surface area contributed by atoms with Crippen molar-refractivity contribution < 1.29 is 14.3 Å². The minimum Gasteiger partial charge on any atom is -0.450 e. The van der Waals surface area contributed by atoms with Crippen LogP contribution in [0.25, 0.3) is 0 Å². The number of alkyl carbamates (subject to hydrolysis) is 1. The molecule has 1 atom stereocenters. The normalized spacial score (nSPS) is 12.3. The average Bonchev–Trinajstić information content (AvgIpc) is 2.15. The van der Waals surface area contributed by atoms with E-state index in [1.54, 1.807) is 6.92 Å². The Kier molecular flexibility index (Phi) is 7.13. The van der Waals surface area contributed by atoms with Crippen molar-refractivity contribution in [2.45, 2.75) is 33.2 Å². The molecule has 0 spiro atoms. The number of carbonyl (C=O) groups excluding carboxylic acids is 2. The van der Waals surface area contributed by atoms with Crippen LogP contribution in [0.15, 0.2) is 0 Å². The predicted molar refractivity (Wildman–Crippen MR) is 59.1 cm³/mol. The van der Waals surface area contributed by atoms with Crippen molar-refractivity contribution in [3.05, 3.63) is 0 Å². The molecular weight excluding hydrogens is 218 g/mol. The molecule has 0 aliphatic rings. The molecule has 0 aromatic heterocycles. The summed E-state index contributed by atoms with van der Waals surface area (Å²) >= 11 is 5.45. The number of carbonyl (C=O) groups is 2. The third-order valence-electron chi connectivity index (χ3n) is 1.79. The van der Waals surface area contributed by atoms with Gasteiger partial charge in [0.2, 0.25) is 0 Å². The van der Waals surface area contributed by atoms with Gasteiger partial charge in [-0.2, -0.15) is 0 Å². The first-order valence-electron chi connectivity index (χ1n) is 5.03. The number of Topliss-reactive ketones (excluding diaryl/α,β-unsaturated/α-hetero) is 1. The highest BCUT2D eigenvalue weighted by atomic mass is 35.5. The van der Waals surface area contributed by atoms with Gasteiger partial charge in [-0.25, -0.2) is 4.79 Å². The van der Waals surface area contributed by atoms with Crippen LogP contribution in [0.3, 0.4) is 0 Å². The number of amides is 1. The van der Waals surface area contributed by atoms with Crippen molar-refractivity contribution in [1.29, 1.82) is 0 Å². The van der Waals surface area contributed by atoms with E-state index in [4.69, 9.17) is 16.3 Å². The lowest BCUT2D eigenvalue weighted by Gasteiger charge is -2.17. The molecule has 4 nitrogen and oxygen atoms in total. The van der Waals surface area contributed by atoms with Crippen molar-refractivity contribution >= 4 is 23.5 Å². The first-order valence-corrected chi connectivity index (χ1v) is 5.56. The Labute approximate surface area is 95.3 Å². The summed E-state index contributed by atoms with van der Waals surface area (Å²) in [6.45, 7) is 5.94. The van der Waals surface area contributed by atoms with Gasteiger partial charge in [-0.1, -0.05) is 13.8 Å². The second-order valence-electron chi connectivity index (χ2n) is 3.65. The minimum absolute atomic E-state index is 0.0935. The van der Waals surface area contributed by atoms with Crippen LogP contribution in [0.2, 0.25) is 0 Å². The smallest absolute Gasteiger partial charge is 0.407 e. The van der Waals surface area contributed by atoms with Crippen LogP contribution in [0.5, 0.6) is 0 Å². The second-order valence-corrected chi connectivity index (χ2v) is 3.91. The Hall–Kier alpha value is -0.770. The number of hydrogen-bond acceptors (Lipinski definition) is 3. The summed E-state index contributed by atoms with van der Waals surface area (Å²) in [5.74, 6) is 0.0339. The maximum Gasteiger partial charge on any atom is 0.407 e. The molecule has 0 aliphatic carbocycles. The van der Waals surface area contributed by atoms with Gasteiger partial charge in [-0.3, -0.25) is 4.79 Å². The Morgan fingerprint density at radius 1 is 1.40 bits per heavy atom. The predicted octanol–water partition coefficient (Wildman–Crippen LogP) is 1.96. The van der Waals surface area contributed by atoms with Crippen LogP contribution in [0.1, 0.15) is 27.2 Å². The summed E-state index contributed by atoms with van der Waals surface area (Å²) < 4.78 is 4.70. The van der Waals surface area contributed by atoms with Crippen molar-refractivity contribution in [2.75, 3.05) is 12.5 Å². The Bertz CT molecular complexity index is 219. The van der Waals surface area contributed by atoms with Crippen molar-refractivity contribution in [3.63, 3.8) is 0 Å². The molecule has 1 N–H and O–H groups in total. The fourth-order valence-electron chi connectivity index (χ4n) is 1.15. The third-order valence-corrected chi connectivity index (χ3v) is 2.06. The highest BCUT2D eigenvalue weighted by Crippen LogP contribution is 2.06. The molecule has 0 aliphatic heterocycles. The van der Waals surface area contributed by atoms with E-state index in [2.05, 4.69) is 5.32 Å². The molecule has 15 heavy (non-hydrogen) atoms. The lowest BCUT2D eigenvalue weighted by molar-refractivity contribution is -0.119. The molecule has 0 aromatic carbocycles. The van der Waals surface area contributed by atoms with E-state index in [1.165, 1.54) is 0 Å². The summed E-state index contributed by atoms with van der Waals surface area (Å²) in [7, 11) is 0. The van der Waals surface area contributed by atoms with E-state index in [-0.39, 0.29) is 18.3 Å². The van der Waals surface area contributed by atoms with Gasteiger partial charge in [0.1, 0.15) is 0 Å². The molecule has 5 heteroatoms. The fraction of sp³-hybridized carbons (Fsp3) is 0.800. The SMILES string of the molecule is CCOC(=O)NC(CC(C)C)C(=O)CCl. The van der Waals surface area contributed by atoms with Gasteiger partial charge in [0.05, 0.1) is 18.5 Å². The van der Waals surface area contributed by atoms with Gasteiger partial charge >= 0.3 is 6.09 Å². The summed E-state index contributed by atoms with van der Waals surface area (Å²) in [6, 6.07) is -0.540. The third kappa shape index (κ3) is 6.33. The minimum atomic E-state index is -0.568. The summed E-state index contributed by atoms with van der Waals surface area (Å²) in [4.78, 5) is 22.5. The molecule has 1 unspecified atom stereocenters. The van der Waals surface area contributed by atoms with Gasteiger partial charge in [0.15, 0.2) is 5.78 Å². The standard InChI is InChI=1S/C10H18ClNO3/c1-4-15-10(14)12-8(5-7(2)3)9(13)6-11/h7-8H,4-6H2,1-3H3,(H,12,14). The summed E-state index contributed by atoms with van der Waals surface area (Å²) in [6.07, 6.45) is 0.00583. The van der Waals surface area contributed by atoms with Gasteiger partial charge in [-0.15, -0.1) is 11.6 Å². The molecule has 0 radical (unpaired) electrons. The summed E-state index contributed by atoms with van der Waals surface area (Å²) in [5.41, 5.74) is 0. The molecule has 0 aromatic rings. The molecule has 0 saturated heterocycles. The quantitative estimate of drug-likeness (QED) is 0.716. The zero-order valence-corrected chi connectivity index (χ0v) is 10.1. The molecule has 88 valence electrons. The first-order chi connectivity index (χ1) is 7.01. The second kappa shape index (κ2) is 7.51. The molecule has 0 saturated carbocycles. The Morgan fingerprint density at radius 3 is 2.40 bits per heavy atom. The van der Waals surface area contributed by atoms with E-state index in [1.807, 2.05) is 13.8 Å². The van der Waals surface area contributed by atoms with Crippen LogP contribution in [-0.2, 0) is 9.53 Å². The monoisotopic (exact) mass is 235 g/mol. The van der Waals surface area contributed by atoms with E-state index in [0.717, 1.165) is 0 Å². The van der Waals surface area contributed by atoms with Gasteiger partial charge < -0.3 is 10.1 Å². The number of halogens is 1. The van der Waals surface area contributed by atoms with E-state index >= 15 is 0 Å². The van der Waals surface area contributed by atoms with E-state index in [0.29, 0.717) is 12.3 Å². The van der Waals surface area contributed by atoms with Crippen molar-refractivity contribution in [2.24, 2.45) is 5.92 Å². The number of rotatable bonds is 6. The molecular formula is C10H18ClNO3. The Morgan fingerprint density at radius 2 is 2.00 bits per heavy atom.